The van der Waals surface area contributed by atoms with E-state index in [-0.39, 0.29) is 0 Å². The smallest absolute Gasteiger partial charge is 0.0464 e. The summed E-state index contributed by atoms with van der Waals surface area (Å²) in [5.41, 5.74) is 18.8. The average Bonchev–Trinajstić information content (AvgIpc) is 3.31. The molecule has 8 aromatic carbocycles. The van der Waals surface area contributed by atoms with E-state index in [4.69, 9.17) is 0 Å². The Hall–Kier alpha value is -7.68. The number of aryl methyl sites for hydroxylation is 4. The highest BCUT2D eigenvalue weighted by Gasteiger charge is 2.16. The molecule has 0 spiro atoms. The number of allylic oxidation sites excluding steroid dienone is 4. The lowest BCUT2D eigenvalue weighted by Gasteiger charge is -2.27. The lowest BCUT2D eigenvalue weighted by molar-refractivity contribution is 1.25. The molecule has 0 unspecified atom stereocenters. The summed E-state index contributed by atoms with van der Waals surface area (Å²) >= 11 is 0. The van der Waals surface area contributed by atoms with Gasteiger partial charge in [0, 0.05) is 34.1 Å². The number of rotatable bonds is 13. The molecule has 0 heterocycles. The van der Waals surface area contributed by atoms with E-state index < -0.39 is 0 Å². The van der Waals surface area contributed by atoms with Crippen molar-refractivity contribution >= 4 is 58.4 Å². The monoisotopic (exact) mass is 800 g/mol. The Morgan fingerprint density at radius 1 is 0.258 bits per heavy atom. The molecule has 0 atom stereocenters. The van der Waals surface area contributed by atoms with Gasteiger partial charge < -0.3 is 9.80 Å². The minimum atomic E-state index is 1.11. The molecule has 0 amide bonds. The van der Waals surface area contributed by atoms with Crippen LogP contribution in [0.5, 0.6) is 0 Å². The molecule has 2 heteroatoms. The van der Waals surface area contributed by atoms with Crippen molar-refractivity contribution in [3.63, 3.8) is 0 Å². The molecule has 8 rings (SSSR count). The van der Waals surface area contributed by atoms with Crippen LogP contribution in [0.2, 0.25) is 0 Å². The highest BCUT2D eigenvalue weighted by atomic mass is 15.1. The van der Waals surface area contributed by atoms with Gasteiger partial charge in [0.25, 0.3) is 0 Å². The Balaban J connectivity index is 1.03. The molecule has 0 saturated carbocycles. The first-order valence-corrected chi connectivity index (χ1v) is 21.3. The molecule has 8 aromatic rings. The van der Waals surface area contributed by atoms with Crippen molar-refractivity contribution in [2.75, 3.05) is 9.80 Å². The van der Waals surface area contributed by atoms with Crippen molar-refractivity contribution in [1.29, 1.82) is 0 Å². The molecular weight excluding hydrogens is 749 g/mol. The third kappa shape index (κ3) is 10.2. The fraction of sp³-hybridized carbons (Fsp3) is 0.0667. The molecule has 0 fully saturated rings. The van der Waals surface area contributed by atoms with Crippen molar-refractivity contribution in [2.45, 2.75) is 27.7 Å². The topological polar surface area (TPSA) is 6.48 Å². The summed E-state index contributed by atoms with van der Waals surface area (Å²) in [6.45, 7) is 8.70. The zero-order chi connectivity index (χ0) is 42.7. The Kier molecular flexibility index (Phi) is 13.0. The van der Waals surface area contributed by atoms with Crippen LogP contribution in [0, 0.1) is 27.7 Å². The standard InChI is InChI=1S/C60H52N2/c1-45-23-33-59(43-47(45)3)61(55-35-25-51(26-36-55)21-13-11-19-49-15-7-5-8-16-49)57-39-29-53(30-40-57)54-31-41-58(42-32-54)62(60-34-24-46(2)48(4)44-60)56-37-27-52(28-38-56)22-14-12-20-50-17-9-6-10-18-50/h5-44H,1-4H3/b19-11+,20-12+,21-13+,22-14+. The molecule has 0 saturated heterocycles. The van der Waals surface area contributed by atoms with E-state index in [1.807, 2.05) is 12.1 Å². The zero-order valence-corrected chi connectivity index (χ0v) is 36.0. The van der Waals surface area contributed by atoms with E-state index >= 15 is 0 Å². The normalized spacial score (nSPS) is 11.6. The fourth-order valence-electron chi connectivity index (χ4n) is 7.49. The maximum atomic E-state index is 2.34. The van der Waals surface area contributed by atoms with E-state index in [0.717, 1.165) is 45.3 Å². The van der Waals surface area contributed by atoms with Crippen molar-refractivity contribution in [3.05, 3.63) is 263 Å². The van der Waals surface area contributed by atoms with Gasteiger partial charge in [0.05, 0.1) is 0 Å². The molecular formula is C60H52N2. The second-order valence-electron chi connectivity index (χ2n) is 15.7. The molecule has 2 nitrogen and oxygen atoms in total. The predicted molar refractivity (Wildman–Crippen MR) is 269 cm³/mol. The fourth-order valence-corrected chi connectivity index (χ4v) is 7.49. The molecule has 62 heavy (non-hydrogen) atoms. The van der Waals surface area contributed by atoms with E-state index in [9.17, 15) is 0 Å². The molecule has 0 bridgehead atoms. The second kappa shape index (κ2) is 19.6. The summed E-state index contributed by atoms with van der Waals surface area (Å²) < 4.78 is 0. The molecule has 0 aliphatic rings. The van der Waals surface area contributed by atoms with Crippen LogP contribution in [0.25, 0.3) is 35.4 Å². The lowest BCUT2D eigenvalue weighted by Crippen LogP contribution is -2.10. The molecule has 0 aromatic heterocycles. The van der Waals surface area contributed by atoms with Crippen LogP contribution < -0.4 is 9.80 Å². The largest absolute Gasteiger partial charge is 0.310 e. The van der Waals surface area contributed by atoms with E-state index in [1.54, 1.807) is 0 Å². The van der Waals surface area contributed by atoms with Crippen molar-refractivity contribution in [3.8, 4) is 11.1 Å². The first-order valence-electron chi connectivity index (χ1n) is 21.3. The summed E-state index contributed by atoms with van der Waals surface area (Å²) in [4.78, 5) is 4.68. The van der Waals surface area contributed by atoms with Gasteiger partial charge in [0.15, 0.2) is 0 Å². The summed E-state index contributed by atoms with van der Waals surface area (Å²) in [6, 6.07) is 69.6. The first kappa shape index (κ1) is 41.1. The predicted octanol–water partition coefficient (Wildman–Crippen LogP) is 17.0. The van der Waals surface area contributed by atoms with Gasteiger partial charge in [-0.05, 0) is 156 Å². The molecule has 0 aliphatic heterocycles. The van der Waals surface area contributed by atoms with Crippen LogP contribution in [0.3, 0.4) is 0 Å². The minimum absolute atomic E-state index is 1.11. The van der Waals surface area contributed by atoms with Crippen molar-refractivity contribution in [1.82, 2.24) is 0 Å². The van der Waals surface area contributed by atoms with Crippen molar-refractivity contribution in [2.24, 2.45) is 0 Å². The van der Waals surface area contributed by atoms with E-state index in [1.165, 1.54) is 44.5 Å². The van der Waals surface area contributed by atoms with Gasteiger partial charge in [-0.3, -0.25) is 0 Å². The maximum Gasteiger partial charge on any atom is 0.0464 e. The minimum Gasteiger partial charge on any atom is -0.310 e. The maximum absolute atomic E-state index is 2.34. The third-order valence-electron chi connectivity index (χ3n) is 11.4. The second-order valence-corrected chi connectivity index (χ2v) is 15.7. The molecule has 0 aliphatic carbocycles. The quantitative estimate of drug-likeness (QED) is 0.107. The Bertz CT molecular complexity index is 2630. The summed E-state index contributed by atoms with van der Waals surface area (Å²) in [7, 11) is 0. The highest BCUT2D eigenvalue weighted by Crippen LogP contribution is 2.39. The van der Waals surface area contributed by atoms with Crippen LogP contribution in [-0.2, 0) is 0 Å². The van der Waals surface area contributed by atoms with Crippen LogP contribution in [-0.4, -0.2) is 0 Å². The van der Waals surface area contributed by atoms with Gasteiger partial charge in [-0.25, -0.2) is 0 Å². The number of hydrogen-bond donors (Lipinski definition) is 0. The third-order valence-corrected chi connectivity index (χ3v) is 11.4. The van der Waals surface area contributed by atoms with E-state index in [2.05, 4.69) is 268 Å². The van der Waals surface area contributed by atoms with Crippen LogP contribution in [0.15, 0.2) is 218 Å². The number of hydrogen-bond acceptors (Lipinski definition) is 2. The van der Waals surface area contributed by atoms with Gasteiger partial charge in [-0.2, -0.15) is 0 Å². The van der Waals surface area contributed by atoms with Gasteiger partial charge in [-0.15, -0.1) is 0 Å². The summed E-state index contributed by atoms with van der Waals surface area (Å²) in [5, 5.41) is 0. The van der Waals surface area contributed by atoms with Crippen LogP contribution >= 0.6 is 0 Å². The van der Waals surface area contributed by atoms with Gasteiger partial charge in [0.1, 0.15) is 0 Å². The zero-order valence-electron chi connectivity index (χ0n) is 36.0. The van der Waals surface area contributed by atoms with E-state index in [0.29, 0.717) is 0 Å². The number of nitrogens with zero attached hydrogens (tertiary/aromatic N) is 2. The first-order chi connectivity index (χ1) is 30.4. The Morgan fingerprint density at radius 2 is 0.532 bits per heavy atom. The van der Waals surface area contributed by atoms with Gasteiger partial charge in [0.2, 0.25) is 0 Å². The van der Waals surface area contributed by atoms with Gasteiger partial charge in [-0.1, -0.05) is 170 Å². The highest BCUT2D eigenvalue weighted by molar-refractivity contribution is 5.82. The lowest BCUT2D eigenvalue weighted by atomic mass is 10.0. The molecule has 302 valence electrons. The van der Waals surface area contributed by atoms with Gasteiger partial charge >= 0.3 is 0 Å². The average molecular weight is 801 g/mol. The summed E-state index contributed by atoms with van der Waals surface area (Å²) in [6.07, 6.45) is 16.9. The Morgan fingerprint density at radius 3 is 0.839 bits per heavy atom. The van der Waals surface area contributed by atoms with Crippen LogP contribution in [0.4, 0.5) is 34.1 Å². The summed E-state index contributed by atoms with van der Waals surface area (Å²) in [5.74, 6) is 0. The molecule has 0 radical (unpaired) electrons. The number of anilines is 6. The Labute approximate surface area is 368 Å². The van der Waals surface area contributed by atoms with Crippen molar-refractivity contribution < 1.29 is 0 Å². The molecule has 0 N–H and O–H groups in total. The number of benzene rings is 8. The van der Waals surface area contributed by atoms with Crippen LogP contribution in [0.1, 0.15) is 44.5 Å². The SMILES string of the molecule is Cc1ccc(N(c2ccc(/C=C/C=C/c3ccccc3)cc2)c2ccc(-c3ccc(N(c4ccc(/C=C/C=C/c5ccccc5)cc4)c4ccc(C)c(C)c4)cc3)cc2)cc1C.